The van der Waals surface area contributed by atoms with Gasteiger partial charge in [0.25, 0.3) is 0 Å². The summed E-state index contributed by atoms with van der Waals surface area (Å²) in [5, 5.41) is 0. The van der Waals surface area contributed by atoms with Crippen molar-refractivity contribution in [2.24, 2.45) is 0 Å². The third kappa shape index (κ3) is 3.09. The molecule has 1 atom stereocenters. The van der Waals surface area contributed by atoms with E-state index in [-0.39, 0.29) is 11.9 Å². The van der Waals surface area contributed by atoms with Crippen LogP contribution in [0.1, 0.15) is 13.3 Å². The number of likely N-dealkylation sites (N-methyl/N-ethyl adjacent to an activating group) is 1. The second-order valence-corrected chi connectivity index (χ2v) is 4.40. The molecule has 0 fully saturated rings. The van der Waals surface area contributed by atoms with E-state index in [1.165, 1.54) is 12.1 Å². The van der Waals surface area contributed by atoms with E-state index >= 15 is 0 Å². The predicted octanol–water partition coefficient (Wildman–Crippen LogP) is 2.31. The van der Waals surface area contributed by atoms with E-state index in [0.29, 0.717) is 18.1 Å². The molecule has 0 N–H and O–H groups in total. The highest BCUT2D eigenvalue weighted by atomic mass is 19.1. The van der Waals surface area contributed by atoms with Gasteiger partial charge in [-0.05, 0) is 32.1 Å². The van der Waals surface area contributed by atoms with Crippen molar-refractivity contribution in [3.8, 4) is 11.5 Å². The molecule has 0 bridgehead atoms. The van der Waals surface area contributed by atoms with Gasteiger partial charge in [0.15, 0.2) is 11.5 Å². The summed E-state index contributed by atoms with van der Waals surface area (Å²) in [5.41, 5.74) is 0. The van der Waals surface area contributed by atoms with Gasteiger partial charge < -0.3 is 14.4 Å². The van der Waals surface area contributed by atoms with Gasteiger partial charge in [0.2, 0.25) is 0 Å². The molecule has 0 amide bonds. The van der Waals surface area contributed by atoms with Crippen LogP contribution < -0.4 is 9.47 Å². The Morgan fingerprint density at radius 2 is 2.24 bits per heavy atom. The number of hydrogen-bond donors (Lipinski definition) is 0. The van der Waals surface area contributed by atoms with Crippen LogP contribution >= 0.6 is 0 Å². The van der Waals surface area contributed by atoms with E-state index in [2.05, 4.69) is 11.8 Å². The summed E-state index contributed by atoms with van der Waals surface area (Å²) in [5.74, 6) is 0.835. The van der Waals surface area contributed by atoms with Gasteiger partial charge in [-0.15, -0.1) is 0 Å². The molecule has 1 heterocycles. The van der Waals surface area contributed by atoms with Crippen LogP contribution in [0.15, 0.2) is 18.2 Å². The smallest absolute Gasteiger partial charge is 0.164 e. The maximum Gasteiger partial charge on any atom is 0.164 e. The molecule has 2 rings (SSSR count). The fraction of sp³-hybridized carbons (Fsp3) is 0.538. The summed E-state index contributed by atoms with van der Waals surface area (Å²) in [6.07, 6.45) is 1.08. The monoisotopic (exact) mass is 239 g/mol. The highest BCUT2D eigenvalue weighted by Crippen LogP contribution is 2.32. The van der Waals surface area contributed by atoms with Crippen molar-refractivity contribution in [1.82, 2.24) is 4.90 Å². The van der Waals surface area contributed by atoms with Crippen LogP contribution in [-0.4, -0.2) is 37.7 Å². The second kappa shape index (κ2) is 5.36. The van der Waals surface area contributed by atoms with Crippen molar-refractivity contribution < 1.29 is 13.9 Å². The number of hydrogen-bond acceptors (Lipinski definition) is 3. The number of halogens is 1. The Balaban J connectivity index is 1.98. The van der Waals surface area contributed by atoms with Crippen LogP contribution in [0.2, 0.25) is 0 Å². The van der Waals surface area contributed by atoms with Gasteiger partial charge in [0.1, 0.15) is 18.5 Å². The fourth-order valence-electron chi connectivity index (χ4n) is 2.00. The van der Waals surface area contributed by atoms with Gasteiger partial charge in [0.05, 0.1) is 0 Å². The maximum atomic E-state index is 13.1. The second-order valence-electron chi connectivity index (χ2n) is 4.40. The third-order valence-corrected chi connectivity index (χ3v) is 2.74. The molecule has 4 heteroatoms. The predicted molar refractivity (Wildman–Crippen MR) is 64.1 cm³/mol. The normalized spacial score (nSPS) is 18.5. The summed E-state index contributed by atoms with van der Waals surface area (Å²) < 4.78 is 24.3. The van der Waals surface area contributed by atoms with Crippen LogP contribution in [0, 0.1) is 5.82 Å². The number of fused-ring (bicyclic) bond motifs is 1. The zero-order chi connectivity index (χ0) is 12.3. The van der Waals surface area contributed by atoms with Crippen molar-refractivity contribution in [2.75, 3.05) is 26.7 Å². The molecular weight excluding hydrogens is 221 g/mol. The molecule has 0 saturated heterocycles. The van der Waals surface area contributed by atoms with Gasteiger partial charge in [-0.25, -0.2) is 4.39 Å². The van der Waals surface area contributed by atoms with Crippen molar-refractivity contribution >= 4 is 0 Å². The summed E-state index contributed by atoms with van der Waals surface area (Å²) in [6.45, 7) is 4.48. The molecule has 1 aliphatic heterocycles. The number of nitrogens with zero attached hydrogens (tertiary/aromatic N) is 1. The Labute approximate surface area is 101 Å². The molecule has 1 aromatic rings. The standard InChI is InChI=1S/C13H18FNO2/c1-3-6-15(2)8-11-9-16-12-5-4-10(14)7-13(12)17-11/h4-5,7,11H,3,6,8-9H2,1-2H3. The summed E-state index contributed by atoms with van der Waals surface area (Å²) in [6, 6.07) is 4.36. The highest BCUT2D eigenvalue weighted by Gasteiger charge is 2.22. The summed E-state index contributed by atoms with van der Waals surface area (Å²) in [4.78, 5) is 2.19. The van der Waals surface area contributed by atoms with Gasteiger partial charge in [-0.2, -0.15) is 0 Å². The lowest BCUT2D eigenvalue weighted by atomic mass is 10.2. The lowest BCUT2D eigenvalue weighted by Gasteiger charge is -2.29. The van der Waals surface area contributed by atoms with Crippen molar-refractivity contribution in [3.05, 3.63) is 24.0 Å². The Hall–Kier alpha value is -1.29. The fourth-order valence-corrected chi connectivity index (χ4v) is 2.00. The Bertz CT molecular complexity index is 384. The zero-order valence-corrected chi connectivity index (χ0v) is 10.3. The molecule has 0 spiro atoms. The Morgan fingerprint density at radius 3 is 3.00 bits per heavy atom. The largest absolute Gasteiger partial charge is 0.486 e. The molecule has 0 aliphatic carbocycles. The number of rotatable bonds is 4. The Morgan fingerprint density at radius 1 is 1.41 bits per heavy atom. The van der Waals surface area contributed by atoms with Crippen LogP contribution in [-0.2, 0) is 0 Å². The summed E-state index contributed by atoms with van der Waals surface area (Å²) in [7, 11) is 2.05. The van der Waals surface area contributed by atoms with Crippen molar-refractivity contribution in [3.63, 3.8) is 0 Å². The molecule has 94 valence electrons. The molecule has 0 radical (unpaired) electrons. The van der Waals surface area contributed by atoms with Crippen molar-refractivity contribution in [1.29, 1.82) is 0 Å². The highest BCUT2D eigenvalue weighted by molar-refractivity contribution is 5.41. The first kappa shape index (κ1) is 12.2. The Kier molecular flexibility index (Phi) is 3.84. The van der Waals surface area contributed by atoms with Crippen LogP contribution in [0.5, 0.6) is 11.5 Å². The summed E-state index contributed by atoms with van der Waals surface area (Å²) >= 11 is 0. The molecular formula is C13H18FNO2. The first-order chi connectivity index (χ1) is 8.19. The molecule has 1 aromatic carbocycles. The van der Waals surface area contributed by atoms with E-state index in [1.807, 2.05) is 7.05 Å². The van der Waals surface area contributed by atoms with Crippen molar-refractivity contribution in [2.45, 2.75) is 19.4 Å². The average Bonchev–Trinajstić information content (AvgIpc) is 2.28. The van der Waals surface area contributed by atoms with E-state index in [1.54, 1.807) is 6.07 Å². The lowest BCUT2D eigenvalue weighted by Crippen LogP contribution is -2.39. The first-order valence-corrected chi connectivity index (χ1v) is 5.96. The van der Waals surface area contributed by atoms with E-state index in [9.17, 15) is 4.39 Å². The van der Waals surface area contributed by atoms with E-state index < -0.39 is 0 Å². The molecule has 17 heavy (non-hydrogen) atoms. The van der Waals surface area contributed by atoms with Crippen LogP contribution in [0.4, 0.5) is 4.39 Å². The topological polar surface area (TPSA) is 21.7 Å². The molecule has 3 nitrogen and oxygen atoms in total. The van der Waals surface area contributed by atoms with Gasteiger partial charge >= 0.3 is 0 Å². The van der Waals surface area contributed by atoms with Crippen LogP contribution in [0.25, 0.3) is 0 Å². The van der Waals surface area contributed by atoms with Gasteiger partial charge in [-0.3, -0.25) is 0 Å². The number of ether oxygens (including phenoxy) is 2. The van der Waals surface area contributed by atoms with Gasteiger partial charge in [-0.1, -0.05) is 6.92 Å². The van der Waals surface area contributed by atoms with Crippen LogP contribution in [0.3, 0.4) is 0 Å². The molecule has 1 aliphatic rings. The molecule has 0 aromatic heterocycles. The minimum absolute atomic E-state index is 0.0270. The lowest BCUT2D eigenvalue weighted by molar-refractivity contribution is 0.0651. The molecule has 0 saturated carbocycles. The SMILES string of the molecule is CCCN(C)CC1COc2ccc(F)cc2O1. The minimum Gasteiger partial charge on any atom is -0.486 e. The first-order valence-electron chi connectivity index (χ1n) is 5.96. The van der Waals surface area contributed by atoms with Gasteiger partial charge in [0, 0.05) is 12.6 Å². The third-order valence-electron chi connectivity index (χ3n) is 2.74. The van der Waals surface area contributed by atoms with E-state index in [0.717, 1.165) is 19.5 Å². The maximum absolute atomic E-state index is 13.1. The zero-order valence-electron chi connectivity index (χ0n) is 10.3. The number of benzene rings is 1. The quantitative estimate of drug-likeness (QED) is 0.804. The minimum atomic E-state index is -0.296. The molecule has 1 unspecified atom stereocenters. The van der Waals surface area contributed by atoms with E-state index in [4.69, 9.17) is 9.47 Å². The average molecular weight is 239 g/mol.